The minimum atomic E-state index is -1.12. The van der Waals surface area contributed by atoms with E-state index in [1.165, 1.54) is 18.2 Å². The SMILES string of the molecule is Cc1cc(C)c(C=C2C(=O)NC(=S)N(c3cccc(C(=O)O)c3)C2=O)c(C)c1. The van der Waals surface area contributed by atoms with E-state index < -0.39 is 17.8 Å². The van der Waals surface area contributed by atoms with E-state index in [1.54, 1.807) is 12.1 Å². The van der Waals surface area contributed by atoms with E-state index in [1.807, 2.05) is 32.9 Å². The smallest absolute Gasteiger partial charge is 0.335 e. The van der Waals surface area contributed by atoms with Crippen LogP contribution in [-0.4, -0.2) is 28.0 Å². The lowest BCUT2D eigenvalue weighted by atomic mass is 9.97. The standard InChI is InChI=1S/C21H18N2O4S/c1-11-7-12(2)16(13(3)8-11)10-17-18(24)22-21(28)23(19(17)25)15-6-4-5-14(9-15)20(26)27/h4-10H,1-3H3,(H,26,27)(H,22,24,28). The second-order valence-corrected chi connectivity index (χ2v) is 7.01. The number of carboxylic acids is 1. The van der Waals surface area contributed by atoms with Gasteiger partial charge in [-0.25, -0.2) is 4.79 Å². The quantitative estimate of drug-likeness (QED) is 0.474. The van der Waals surface area contributed by atoms with Gasteiger partial charge in [-0.3, -0.25) is 19.8 Å². The first-order chi connectivity index (χ1) is 13.2. The maximum atomic E-state index is 13.1. The molecule has 0 bridgehead atoms. The van der Waals surface area contributed by atoms with Crippen LogP contribution in [0.25, 0.3) is 6.08 Å². The van der Waals surface area contributed by atoms with E-state index in [0.29, 0.717) is 0 Å². The normalized spacial score (nSPS) is 15.8. The molecule has 1 saturated heterocycles. The van der Waals surface area contributed by atoms with Gasteiger partial charge in [-0.2, -0.15) is 0 Å². The zero-order valence-electron chi connectivity index (χ0n) is 15.6. The average Bonchev–Trinajstić information content (AvgIpc) is 2.60. The Morgan fingerprint density at radius 3 is 2.36 bits per heavy atom. The monoisotopic (exact) mass is 394 g/mol. The van der Waals surface area contributed by atoms with E-state index in [9.17, 15) is 19.5 Å². The van der Waals surface area contributed by atoms with Gasteiger partial charge in [-0.05, 0) is 74.0 Å². The van der Waals surface area contributed by atoms with Crippen LogP contribution in [0.3, 0.4) is 0 Å². The first-order valence-corrected chi connectivity index (χ1v) is 8.92. The van der Waals surface area contributed by atoms with Crippen LogP contribution in [0.15, 0.2) is 42.0 Å². The minimum Gasteiger partial charge on any atom is -0.478 e. The number of anilines is 1. The van der Waals surface area contributed by atoms with Crippen LogP contribution in [0, 0.1) is 20.8 Å². The fourth-order valence-corrected chi connectivity index (χ4v) is 3.51. The van der Waals surface area contributed by atoms with Gasteiger partial charge in [0.05, 0.1) is 11.3 Å². The topological polar surface area (TPSA) is 86.7 Å². The van der Waals surface area contributed by atoms with Crippen molar-refractivity contribution >= 4 is 46.9 Å². The van der Waals surface area contributed by atoms with Gasteiger partial charge in [0.1, 0.15) is 5.57 Å². The third-order valence-electron chi connectivity index (χ3n) is 4.48. The molecule has 7 heteroatoms. The predicted molar refractivity (Wildman–Crippen MR) is 110 cm³/mol. The van der Waals surface area contributed by atoms with Gasteiger partial charge < -0.3 is 5.11 Å². The number of carbonyl (C=O) groups excluding carboxylic acids is 2. The zero-order valence-corrected chi connectivity index (χ0v) is 16.4. The summed E-state index contributed by atoms with van der Waals surface area (Å²) < 4.78 is 0. The summed E-state index contributed by atoms with van der Waals surface area (Å²) in [6, 6.07) is 9.78. The molecule has 0 radical (unpaired) electrons. The van der Waals surface area contributed by atoms with Crippen molar-refractivity contribution in [2.24, 2.45) is 0 Å². The van der Waals surface area contributed by atoms with E-state index in [0.717, 1.165) is 27.2 Å². The van der Waals surface area contributed by atoms with Gasteiger partial charge in [0, 0.05) is 0 Å². The Balaban J connectivity index is 2.09. The summed E-state index contributed by atoms with van der Waals surface area (Å²) in [5.41, 5.74) is 3.99. The molecule has 0 unspecified atom stereocenters. The highest BCUT2D eigenvalue weighted by atomic mass is 32.1. The lowest BCUT2D eigenvalue weighted by molar-refractivity contribution is -0.122. The van der Waals surface area contributed by atoms with Crippen LogP contribution >= 0.6 is 12.2 Å². The minimum absolute atomic E-state index is 0.0146. The molecule has 142 valence electrons. The van der Waals surface area contributed by atoms with Gasteiger partial charge in [0.25, 0.3) is 11.8 Å². The fourth-order valence-electron chi connectivity index (χ4n) is 3.23. The summed E-state index contributed by atoms with van der Waals surface area (Å²) in [7, 11) is 0. The number of aromatic carboxylic acids is 1. The lowest BCUT2D eigenvalue weighted by Crippen LogP contribution is -2.54. The molecule has 2 amide bonds. The first kappa shape index (κ1) is 19.4. The van der Waals surface area contributed by atoms with Crippen molar-refractivity contribution in [1.82, 2.24) is 5.32 Å². The summed E-state index contributed by atoms with van der Waals surface area (Å²) in [6.45, 7) is 5.80. The first-order valence-electron chi connectivity index (χ1n) is 8.51. The average molecular weight is 394 g/mol. The number of hydrogen-bond donors (Lipinski definition) is 2. The van der Waals surface area contributed by atoms with Gasteiger partial charge >= 0.3 is 5.97 Å². The third-order valence-corrected chi connectivity index (χ3v) is 4.76. The Morgan fingerprint density at radius 2 is 1.75 bits per heavy atom. The summed E-state index contributed by atoms with van der Waals surface area (Å²) in [6.07, 6.45) is 1.55. The summed E-state index contributed by atoms with van der Waals surface area (Å²) in [5, 5.41) is 11.6. The number of carbonyl (C=O) groups is 3. The highest BCUT2D eigenvalue weighted by Crippen LogP contribution is 2.25. The number of thiocarbonyl (C=S) groups is 1. The molecule has 2 N–H and O–H groups in total. The Morgan fingerprint density at radius 1 is 1.11 bits per heavy atom. The van der Waals surface area contributed by atoms with Crippen molar-refractivity contribution < 1.29 is 19.5 Å². The molecule has 1 aliphatic rings. The summed E-state index contributed by atoms with van der Waals surface area (Å²) in [4.78, 5) is 37.9. The number of nitrogens with one attached hydrogen (secondary N) is 1. The van der Waals surface area contributed by atoms with E-state index >= 15 is 0 Å². The second-order valence-electron chi connectivity index (χ2n) is 6.63. The molecule has 6 nitrogen and oxygen atoms in total. The molecule has 0 atom stereocenters. The zero-order chi connectivity index (χ0) is 20.6. The van der Waals surface area contributed by atoms with Crippen molar-refractivity contribution in [2.75, 3.05) is 4.90 Å². The Hall–Kier alpha value is -3.32. The molecule has 3 rings (SSSR count). The summed E-state index contributed by atoms with van der Waals surface area (Å²) in [5.74, 6) is -2.31. The van der Waals surface area contributed by atoms with E-state index in [-0.39, 0.29) is 21.9 Å². The number of carboxylic acid groups (broad SMARTS) is 1. The van der Waals surface area contributed by atoms with Gasteiger partial charge in [0.2, 0.25) is 0 Å². The molecule has 28 heavy (non-hydrogen) atoms. The molecule has 0 saturated carbocycles. The number of aryl methyl sites for hydroxylation is 3. The number of rotatable bonds is 3. The Bertz CT molecular complexity index is 1050. The van der Waals surface area contributed by atoms with Crippen molar-refractivity contribution in [2.45, 2.75) is 20.8 Å². The van der Waals surface area contributed by atoms with Crippen LogP contribution < -0.4 is 10.2 Å². The van der Waals surface area contributed by atoms with Gasteiger partial charge in [-0.15, -0.1) is 0 Å². The van der Waals surface area contributed by atoms with Crippen molar-refractivity contribution in [3.63, 3.8) is 0 Å². The van der Waals surface area contributed by atoms with Crippen LogP contribution in [0.5, 0.6) is 0 Å². The van der Waals surface area contributed by atoms with Crippen LogP contribution in [-0.2, 0) is 9.59 Å². The molecule has 2 aromatic rings. The fraction of sp³-hybridized carbons (Fsp3) is 0.143. The molecule has 0 aromatic heterocycles. The van der Waals surface area contributed by atoms with Crippen molar-refractivity contribution in [1.29, 1.82) is 0 Å². The highest BCUT2D eigenvalue weighted by molar-refractivity contribution is 7.80. The van der Waals surface area contributed by atoms with Crippen LogP contribution in [0.4, 0.5) is 5.69 Å². The molecule has 1 fully saturated rings. The molecule has 0 aliphatic carbocycles. The molecule has 1 heterocycles. The van der Waals surface area contributed by atoms with E-state index in [2.05, 4.69) is 5.32 Å². The Kier molecular flexibility index (Phi) is 5.11. The number of hydrogen-bond acceptors (Lipinski definition) is 4. The van der Waals surface area contributed by atoms with Gasteiger partial charge in [0.15, 0.2) is 5.11 Å². The van der Waals surface area contributed by atoms with Gasteiger partial charge in [-0.1, -0.05) is 23.8 Å². The number of amides is 2. The van der Waals surface area contributed by atoms with Crippen molar-refractivity contribution in [3.05, 3.63) is 69.8 Å². The second kappa shape index (κ2) is 7.36. The molecule has 2 aromatic carbocycles. The maximum absolute atomic E-state index is 13.1. The molecular formula is C21H18N2O4S. The molecule has 0 spiro atoms. The van der Waals surface area contributed by atoms with Crippen molar-refractivity contribution in [3.8, 4) is 0 Å². The largest absolute Gasteiger partial charge is 0.478 e. The lowest BCUT2D eigenvalue weighted by Gasteiger charge is -2.29. The third kappa shape index (κ3) is 3.57. The van der Waals surface area contributed by atoms with Crippen LogP contribution in [0.2, 0.25) is 0 Å². The van der Waals surface area contributed by atoms with Crippen LogP contribution in [0.1, 0.15) is 32.6 Å². The number of benzene rings is 2. The molecular weight excluding hydrogens is 376 g/mol. The maximum Gasteiger partial charge on any atom is 0.335 e. The highest BCUT2D eigenvalue weighted by Gasteiger charge is 2.34. The Labute approximate surface area is 167 Å². The van der Waals surface area contributed by atoms with E-state index in [4.69, 9.17) is 12.2 Å². The predicted octanol–water partition coefficient (Wildman–Crippen LogP) is 3.14. The molecule has 1 aliphatic heterocycles. The number of nitrogens with zero attached hydrogens (tertiary/aromatic N) is 1. The summed E-state index contributed by atoms with van der Waals surface area (Å²) >= 11 is 5.16.